The number of urea groups is 1. The van der Waals surface area contributed by atoms with Crippen molar-refractivity contribution in [3.05, 3.63) is 74.8 Å². The normalized spacial score (nSPS) is 11.6. The molecule has 0 fully saturated rings. The van der Waals surface area contributed by atoms with Crippen LogP contribution in [-0.4, -0.2) is 22.7 Å². The SMILES string of the molecule is O=C(NCc1cccc([N+](=O)[O-])c1)NC(CO)c1ccc(Cl)cc1. The summed E-state index contributed by atoms with van der Waals surface area (Å²) in [7, 11) is 0. The molecule has 0 aliphatic carbocycles. The van der Waals surface area contributed by atoms with E-state index in [0.29, 0.717) is 16.1 Å². The van der Waals surface area contributed by atoms with Crippen molar-refractivity contribution in [2.24, 2.45) is 0 Å². The van der Waals surface area contributed by atoms with Gasteiger partial charge in [-0.1, -0.05) is 35.9 Å². The van der Waals surface area contributed by atoms with E-state index < -0.39 is 17.0 Å². The zero-order valence-electron chi connectivity index (χ0n) is 12.6. The maximum absolute atomic E-state index is 12.0. The second-order valence-corrected chi connectivity index (χ2v) is 5.48. The van der Waals surface area contributed by atoms with Crippen LogP contribution in [0, 0.1) is 10.1 Å². The van der Waals surface area contributed by atoms with Gasteiger partial charge in [-0.25, -0.2) is 4.79 Å². The van der Waals surface area contributed by atoms with Crippen molar-refractivity contribution in [3.63, 3.8) is 0 Å². The summed E-state index contributed by atoms with van der Waals surface area (Å²) in [5, 5.41) is 26.0. The first kappa shape index (κ1) is 17.7. The van der Waals surface area contributed by atoms with E-state index in [1.165, 1.54) is 12.1 Å². The summed E-state index contributed by atoms with van der Waals surface area (Å²) in [4.78, 5) is 22.2. The number of nitro groups is 1. The zero-order valence-corrected chi connectivity index (χ0v) is 13.4. The highest BCUT2D eigenvalue weighted by molar-refractivity contribution is 6.30. The molecule has 0 saturated carbocycles. The Hall–Kier alpha value is -2.64. The van der Waals surface area contributed by atoms with Crippen LogP contribution in [0.2, 0.25) is 5.02 Å². The largest absolute Gasteiger partial charge is 0.394 e. The lowest BCUT2D eigenvalue weighted by molar-refractivity contribution is -0.384. The summed E-state index contributed by atoms with van der Waals surface area (Å²) in [6.07, 6.45) is 0. The predicted molar refractivity (Wildman–Crippen MR) is 89.7 cm³/mol. The van der Waals surface area contributed by atoms with Gasteiger partial charge < -0.3 is 15.7 Å². The lowest BCUT2D eigenvalue weighted by Gasteiger charge is -2.17. The average molecular weight is 350 g/mol. The average Bonchev–Trinajstić information content (AvgIpc) is 2.59. The molecule has 0 radical (unpaired) electrons. The monoisotopic (exact) mass is 349 g/mol. The molecule has 0 aliphatic rings. The number of nitrogens with zero attached hydrogens (tertiary/aromatic N) is 1. The molecule has 126 valence electrons. The first-order chi connectivity index (χ1) is 11.5. The lowest BCUT2D eigenvalue weighted by Crippen LogP contribution is -2.38. The molecule has 24 heavy (non-hydrogen) atoms. The third-order valence-electron chi connectivity index (χ3n) is 3.33. The first-order valence-corrected chi connectivity index (χ1v) is 7.51. The van der Waals surface area contributed by atoms with Crippen molar-refractivity contribution in [1.82, 2.24) is 10.6 Å². The fourth-order valence-corrected chi connectivity index (χ4v) is 2.23. The van der Waals surface area contributed by atoms with Crippen molar-refractivity contribution < 1.29 is 14.8 Å². The van der Waals surface area contributed by atoms with E-state index in [2.05, 4.69) is 10.6 Å². The summed E-state index contributed by atoms with van der Waals surface area (Å²) in [5.74, 6) is 0. The van der Waals surface area contributed by atoms with E-state index in [1.807, 2.05) is 0 Å². The number of halogens is 1. The molecule has 0 bridgehead atoms. The molecule has 2 amide bonds. The molecule has 1 unspecified atom stereocenters. The second kappa shape index (κ2) is 8.28. The number of benzene rings is 2. The van der Waals surface area contributed by atoms with Crippen molar-refractivity contribution in [2.75, 3.05) is 6.61 Å². The molecule has 0 saturated heterocycles. The van der Waals surface area contributed by atoms with Gasteiger partial charge in [0.15, 0.2) is 0 Å². The molecule has 7 nitrogen and oxygen atoms in total. The van der Waals surface area contributed by atoms with Crippen LogP contribution in [0.15, 0.2) is 48.5 Å². The Kier molecular flexibility index (Phi) is 6.11. The predicted octanol–water partition coefficient (Wildman–Crippen LogP) is 2.78. The van der Waals surface area contributed by atoms with E-state index in [-0.39, 0.29) is 18.8 Å². The van der Waals surface area contributed by atoms with Crippen LogP contribution in [-0.2, 0) is 6.54 Å². The number of non-ortho nitro benzene ring substituents is 1. The van der Waals surface area contributed by atoms with Gasteiger partial charge in [-0.3, -0.25) is 10.1 Å². The Bertz CT molecular complexity index is 722. The third-order valence-corrected chi connectivity index (χ3v) is 3.59. The smallest absolute Gasteiger partial charge is 0.315 e. The van der Waals surface area contributed by atoms with Crippen LogP contribution in [0.5, 0.6) is 0 Å². The highest BCUT2D eigenvalue weighted by atomic mass is 35.5. The first-order valence-electron chi connectivity index (χ1n) is 7.13. The maximum Gasteiger partial charge on any atom is 0.315 e. The summed E-state index contributed by atoms with van der Waals surface area (Å²) in [5.41, 5.74) is 1.28. The minimum absolute atomic E-state index is 0.0379. The molecule has 0 aromatic heterocycles. The Balaban J connectivity index is 1.93. The number of hydrogen-bond acceptors (Lipinski definition) is 4. The van der Waals surface area contributed by atoms with E-state index in [0.717, 1.165) is 0 Å². The van der Waals surface area contributed by atoms with Gasteiger partial charge in [-0.2, -0.15) is 0 Å². The van der Waals surface area contributed by atoms with Crippen LogP contribution in [0.1, 0.15) is 17.2 Å². The number of rotatable bonds is 6. The van der Waals surface area contributed by atoms with E-state index in [4.69, 9.17) is 11.6 Å². The molecular weight excluding hydrogens is 334 g/mol. The highest BCUT2D eigenvalue weighted by Crippen LogP contribution is 2.16. The second-order valence-electron chi connectivity index (χ2n) is 5.04. The van der Waals surface area contributed by atoms with Gasteiger partial charge in [0.05, 0.1) is 17.6 Å². The van der Waals surface area contributed by atoms with Gasteiger partial charge in [0.2, 0.25) is 0 Å². The molecule has 0 spiro atoms. The third kappa shape index (κ3) is 4.94. The van der Waals surface area contributed by atoms with Gasteiger partial charge in [-0.05, 0) is 23.3 Å². The molecule has 1 atom stereocenters. The minimum Gasteiger partial charge on any atom is -0.394 e. The van der Waals surface area contributed by atoms with Crippen molar-refractivity contribution in [3.8, 4) is 0 Å². The van der Waals surface area contributed by atoms with Gasteiger partial charge in [0, 0.05) is 23.7 Å². The Labute approximate surface area is 143 Å². The number of amides is 2. The molecule has 0 aliphatic heterocycles. The van der Waals surface area contributed by atoms with E-state index in [1.54, 1.807) is 36.4 Å². The number of carbonyl (C=O) groups is 1. The maximum atomic E-state index is 12.0. The fraction of sp³-hybridized carbons (Fsp3) is 0.188. The molecule has 3 N–H and O–H groups in total. The number of aliphatic hydroxyl groups is 1. The fourth-order valence-electron chi connectivity index (χ4n) is 2.10. The van der Waals surface area contributed by atoms with Gasteiger partial charge >= 0.3 is 6.03 Å². The summed E-state index contributed by atoms with van der Waals surface area (Å²) >= 11 is 5.81. The molecule has 2 aromatic rings. The number of carbonyl (C=O) groups excluding carboxylic acids is 1. The number of aliphatic hydroxyl groups excluding tert-OH is 1. The number of nitro benzene ring substituents is 1. The highest BCUT2D eigenvalue weighted by Gasteiger charge is 2.13. The minimum atomic E-state index is -0.577. The summed E-state index contributed by atoms with van der Waals surface area (Å²) in [6, 6.07) is 11.7. The van der Waals surface area contributed by atoms with Crippen LogP contribution in [0.4, 0.5) is 10.5 Å². The molecule has 2 aromatic carbocycles. The van der Waals surface area contributed by atoms with Crippen molar-refractivity contribution >= 4 is 23.3 Å². The Morgan fingerprint density at radius 2 is 1.96 bits per heavy atom. The zero-order chi connectivity index (χ0) is 17.5. The van der Waals surface area contributed by atoms with E-state index in [9.17, 15) is 20.0 Å². The Morgan fingerprint density at radius 1 is 1.25 bits per heavy atom. The summed E-state index contributed by atoms with van der Waals surface area (Å²) in [6.45, 7) is -0.141. The van der Waals surface area contributed by atoms with E-state index >= 15 is 0 Å². The van der Waals surface area contributed by atoms with Crippen LogP contribution < -0.4 is 10.6 Å². The quantitative estimate of drug-likeness (QED) is 0.551. The van der Waals surface area contributed by atoms with Gasteiger partial charge in [0.1, 0.15) is 0 Å². The molecule has 8 heteroatoms. The van der Waals surface area contributed by atoms with Crippen molar-refractivity contribution in [1.29, 1.82) is 0 Å². The van der Waals surface area contributed by atoms with Crippen molar-refractivity contribution in [2.45, 2.75) is 12.6 Å². The molecular formula is C16H16ClN3O4. The summed E-state index contributed by atoms with van der Waals surface area (Å²) < 4.78 is 0. The van der Waals surface area contributed by atoms with Gasteiger partial charge in [0.25, 0.3) is 5.69 Å². The topological polar surface area (TPSA) is 104 Å². The van der Waals surface area contributed by atoms with Crippen LogP contribution in [0.25, 0.3) is 0 Å². The standard InChI is InChI=1S/C16H16ClN3O4/c17-13-6-4-12(5-7-13)15(10-21)19-16(22)18-9-11-2-1-3-14(8-11)20(23)24/h1-8,15,21H,9-10H2,(H2,18,19,22). The van der Waals surface area contributed by atoms with Crippen LogP contribution >= 0.6 is 11.6 Å². The lowest BCUT2D eigenvalue weighted by atomic mass is 10.1. The number of nitrogens with one attached hydrogen (secondary N) is 2. The molecule has 2 rings (SSSR count). The van der Waals surface area contributed by atoms with Crippen LogP contribution in [0.3, 0.4) is 0 Å². The number of hydrogen-bond donors (Lipinski definition) is 3. The van der Waals surface area contributed by atoms with Gasteiger partial charge in [-0.15, -0.1) is 0 Å². The molecule has 0 heterocycles. The Morgan fingerprint density at radius 3 is 2.58 bits per heavy atom.